The van der Waals surface area contributed by atoms with Crippen LogP contribution in [0.25, 0.3) is 0 Å². The van der Waals surface area contributed by atoms with Crippen LogP contribution in [-0.4, -0.2) is 34.3 Å². The molecule has 0 amide bonds. The summed E-state index contributed by atoms with van der Waals surface area (Å²) in [6, 6.07) is 6.80. The largest absolute Gasteiger partial charge is 0.508 e. The van der Waals surface area contributed by atoms with Gasteiger partial charge in [-0.1, -0.05) is 18.9 Å². The molecule has 3 atom stereocenters. The van der Waals surface area contributed by atoms with Crippen LogP contribution in [-0.2, 0) is 12.0 Å². The van der Waals surface area contributed by atoms with Crippen molar-refractivity contribution in [2.75, 3.05) is 13.1 Å². The highest BCUT2D eigenvalue weighted by atomic mass is 16.3. The molecule has 1 saturated heterocycles. The zero-order valence-corrected chi connectivity index (χ0v) is 13.3. The van der Waals surface area contributed by atoms with Gasteiger partial charge in [-0.3, -0.25) is 0 Å². The van der Waals surface area contributed by atoms with Crippen LogP contribution in [0.1, 0.15) is 56.1 Å². The highest BCUT2D eigenvalue weighted by Crippen LogP contribution is 2.53. The van der Waals surface area contributed by atoms with Crippen LogP contribution in [0.2, 0.25) is 0 Å². The minimum absolute atomic E-state index is 0.310. The van der Waals surface area contributed by atoms with E-state index in [1.54, 1.807) is 0 Å². The maximum absolute atomic E-state index is 10.0. The summed E-state index contributed by atoms with van der Waals surface area (Å²) >= 11 is 0. The van der Waals surface area contributed by atoms with Crippen LogP contribution in [0, 0.1) is 5.92 Å². The standard InChI is InChI=1S/C19H26N2O/c22-16-7-6-15-13-21-18-3-1-2-8-19(18,17(15)11-16)9-10-20(21)12-14-4-5-14/h6-7,11,14,18,22H,1-5,8-10,12-13H2. The number of hydrazine groups is 1. The Kier molecular flexibility index (Phi) is 2.87. The quantitative estimate of drug-likeness (QED) is 0.906. The normalized spacial score (nSPS) is 37.5. The maximum atomic E-state index is 10.0. The molecular formula is C19H26N2O. The Morgan fingerprint density at radius 3 is 2.91 bits per heavy atom. The highest BCUT2D eigenvalue weighted by molar-refractivity contribution is 5.44. The lowest BCUT2D eigenvalue weighted by molar-refractivity contribution is -0.154. The Bertz CT molecular complexity index is 597. The lowest BCUT2D eigenvalue weighted by atomic mass is 9.60. The SMILES string of the molecule is Oc1ccc2c(c1)C13CCCCC1N(C2)N(CC1CC1)CC3. The minimum atomic E-state index is 0.310. The summed E-state index contributed by atoms with van der Waals surface area (Å²) in [4.78, 5) is 0. The molecule has 4 aliphatic rings. The number of fused-ring (bicyclic) bond motifs is 1. The third kappa shape index (κ3) is 1.88. The van der Waals surface area contributed by atoms with Crippen molar-refractivity contribution in [2.45, 2.75) is 62.9 Å². The monoisotopic (exact) mass is 298 g/mol. The van der Waals surface area contributed by atoms with E-state index in [9.17, 15) is 5.11 Å². The molecule has 0 radical (unpaired) electrons. The van der Waals surface area contributed by atoms with Gasteiger partial charge in [0, 0.05) is 31.1 Å². The second-order valence-corrected chi connectivity index (χ2v) is 7.96. The topological polar surface area (TPSA) is 26.7 Å². The van der Waals surface area contributed by atoms with E-state index in [1.807, 2.05) is 6.07 Å². The summed E-state index contributed by atoms with van der Waals surface area (Å²) in [6.45, 7) is 3.54. The second-order valence-electron chi connectivity index (χ2n) is 7.96. The predicted molar refractivity (Wildman–Crippen MR) is 86.5 cm³/mol. The van der Waals surface area contributed by atoms with Crippen molar-refractivity contribution in [2.24, 2.45) is 5.92 Å². The summed E-state index contributed by atoms with van der Waals surface area (Å²) in [7, 11) is 0. The molecule has 2 heterocycles. The molecule has 0 aromatic heterocycles. The molecule has 1 aromatic carbocycles. The van der Waals surface area contributed by atoms with Gasteiger partial charge in [-0.15, -0.1) is 0 Å². The summed E-state index contributed by atoms with van der Waals surface area (Å²) < 4.78 is 0. The van der Waals surface area contributed by atoms with Gasteiger partial charge < -0.3 is 5.11 Å². The van der Waals surface area contributed by atoms with Crippen LogP contribution < -0.4 is 0 Å². The Balaban J connectivity index is 1.58. The van der Waals surface area contributed by atoms with Gasteiger partial charge in [0.2, 0.25) is 0 Å². The first-order chi connectivity index (χ1) is 10.8. The maximum Gasteiger partial charge on any atom is 0.115 e. The molecule has 118 valence electrons. The van der Waals surface area contributed by atoms with Gasteiger partial charge in [0.05, 0.1) is 0 Å². The van der Waals surface area contributed by atoms with Crippen molar-refractivity contribution < 1.29 is 5.11 Å². The molecule has 0 spiro atoms. The van der Waals surface area contributed by atoms with E-state index >= 15 is 0 Å². The predicted octanol–water partition coefficient (Wildman–Crippen LogP) is 3.42. The van der Waals surface area contributed by atoms with Crippen molar-refractivity contribution in [3.63, 3.8) is 0 Å². The van der Waals surface area contributed by atoms with E-state index in [4.69, 9.17) is 0 Å². The third-order valence-electron chi connectivity index (χ3n) is 6.66. The highest BCUT2D eigenvalue weighted by Gasteiger charge is 2.53. The lowest BCUT2D eigenvalue weighted by Crippen LogP contribution is -2.66. The smallest absolute Gasteiger partial charge is 0.115 e. The molecule has 1 aromatic rings. The van der Waals surface area contributed by atoms with Crippen LogP contribution in [0.5, 0.6) is 5.75 Å². The minimum Gasteiger partial charge on any atom is -0.508 e. The number of nitrogens with zero attached hydrogens (tertiary/aromatic N) is 2. The van der Waals surface area contributed by atoms with Gasteiger partial charge in [-0.05, 0) is 61.3 Å². The third-order valence-corrected chi connectivity index (χ3v) is 6.66. The molecule has 3 heteroatoms. The number of benzene rings is 1. The Morgan fingerprint density at radius 1 is 1.14 bits per heavy atom. The van der Waals surface area contributed by atoms with E-state index in [-0.39, 0.29) is 0 Å². The molecule has 22 heavy (non-hydrogen) atoms. The van der Waals surface area contributed by atoms with Gasteiger partial charge in [0.1, 0.15) is 5.75 Å². The summed E-state index contributed by atoms with van der Waals surface area (Å²) in [5.41, 5.74) is 3.24. The average molecular weight is 298 g/mol. The molecule has 2 saturated carbocycles. The van der Waals surface area contributed by atoms with Crippen molar-refractivity contribution >= 4 is 0 Å². The van der Waals surface area contributed by atoms with Crippen LogP contribution in [0.4, 0.5) is 0 Å². The Labute approximate surface area is 132 Å². The molecule has 2 aliphatic heterocycles. The van der Waals surface area contributed by atoms with E-state index in [0.717, 1.165) is 12.5 Å². The van der Waals surface area contributed by atoms with Crippen molar-refractivity contribution in [1.29, 1.82) is 0 Å². The van der Waals surface area contributed by atoms with Crippen molar-refractivity contribution in [3.8, 4) is 5.75 Å². The van der Waals surface area contributed by atoms with E-state index in [1.165, 1.54) is 69.2 Å². The first-order valence-electron chi connectivity index (χ1n) is 9.10. The molecule has 3 nitrogen and oxygen atoms in total. The number of hydrogen-bond acceptors (Lipinski definition) is 3. The molecule has 1 N–H and O–H groups in total. The molecule has 3 fully saturated rings. The van der Waals surface area contributed by atoms with Crippen molar-refractivity contribution in [1.82, 2.24) is 10.0 Å². The summed E-state index contributed by atoms with van der Waals surface area (Å²) in [5, 5.41) is 15.4. The fourth-order valence-corrected chi connectivity index (χ4v) is 5.40. The fourth-order valence-electron chi connectivity index (χ4n) is 5.40. The fraction of sp³-hybridized carbons (Fsp3) is 0.684. The molecule has 3 unspecified atom stereocenters. The van der Waals surface area contributed by atoms with Crippen LogP contribution >= 0.6 is 0 Å². The van der Waals surface area contributed by atoms with E-state index in [2.05, 4.69) is 22.2 Å². The molecule has 2 aliphatic carbocycles. The molecule has 2 bridgehead atoms. The van der Waals surface area contributed by atoms with Crippen molar-refractivity contribution in [3.05, 3.63) is 29.3 Å². The van der Waals surface area contributed by atoms with E-state index < -0.39 is 0 Å². The van der Waals surface area contributed by atoms with Gasteiger partial charge >= 0.3 is 0 Å². The zero-order chi connectivity index (χ0) is 14.7. The summed E-state index contributed by atoms with van der Waals surface area (Å²) in [6.07, 6.45) is 9.50. The Hall–Kier alpha value is -1.06. The van der Waals surface area contributed by atoms with Gasteiger partial charge in [-0.2, -0.15) is 0 Å². The average Bonchev–Trinajstić information content (AvgIpc) is 3.35. The van der Waals surface area contributed by atoms with Gasteiger partial charge in [0.15, 0.2) is 0 Å². The number of hydrogen-bond donors (Lipinski definition) is 1. The van der Waals surface area contributed by atoms with Crippen LogP contribution in [0.15, 0.2) is 18.2 Å². The van der Waals surface area contributed by atoms with Crippen LogP contribution in [0.3, 0.4) is 0 Å². The lowest BCUT2D eigenvalue weighted by Gasteiger charge is -2.60. The first kappa shape index (κ1) is 13.4. The number of aromatic hydroxyl groups is 1. The first-order valence-corrected chi connectivity index (χ1v) is 9.10. The van der Waals surface area contributed by atoms with E-state index in [0.29, 0.717) is 17.2 Å². The molecular weight excluding hydrogens is 272 g/mol. The zero-order valence-electron chi connectivity index (χ0n) is 13.3. The number of phenolic OH excluding ortho intramolecular Hbond substituents is 1. The second kappa shape index (κ2) is 4.72. The summed E-state index contributed by atoms with van der Waals surface area (Å²) in [5.74, 6) is 1.41. The van der Waals surface area contributed by atoms with Gasteiger partial charge in [-0.25, -0.2) is 10.0 Å². The number of rotatable bonds is 2. The van der Waals surface area contributed by atoms with Gasteiger partial charge in [0.25, 0.3) is 0 Å². The molecule has 5 rings (SSSR count). The Morgan fingerprint density at radius 2 is 2.05 bits per heavy atom. The number of phenols is 1.